The summed E-state index contributed by atoms with van der Waals surface area (Å²) in [5.41, 5.74) is 2.09. The standard InChI is InChI=1S/C30H36ClN3O6S/c1-6-17-32-30(36)22(3)33(19-23-9-7-21(2)8-10-23)29(35)20-34(25-13-11-24(31)12-14-25)41(37,38)26-15-16-27(39-4)28(18-26)40-5/h7-16,18,22H,6,17,19-20H2,1-5H3,(H,32,36). The van der Waals surface area contributed by atoms with Crippen LogP contribution in [0.4, 0.5) is 5.69 Å². The van der Waals surface area contributed by atoms with E-state index in [0.717, 1.165) is 21.9 Å². The number of sulfonamides is 1. The van der Waals surface area contributed by atoms with E-state index in [4.69, 9.17) is 21.1 Å². The molecule has 0 aromatic heterocycles. The molecule has 0 saturated heterocycles. The molecule has 3 rings (SSSR count). The van der Waals surface area contributed by atoms with Crippen LogP contribution in [0, 0.1) is 6.92 Å². The lowest BCUT2D eigenvalue weighted by Crippen LogP contribution is -2.51. The van der Waals surface area contributed by atoms with Gasteiger partial charge >= 0.3 is 0 Å². The first-order valence-corrected chi connectivity index (χ1v) is 15.0. The van der Waals surface area contributed by atoms with E-state index in [1.807, 2.05) is 38.1 Å². The summed E-state index contributed by atoms with van der Waals surface area (Å²) in [6.45, 7) is 5.53. The van der Waals surface area contributed by atoms with Crippen LogP contribution in [0.15, 0.2) is 71.6 Å². The molecule has 41 heavy (non-hydrogen) atoms. The molecule has 0 bridgehead atoms. The van der Waals surface area contributed by atoms with Gasteiger partial charge in [-0.2, -0.15) is 0 Å². The van der Waals surface area contributed by atoms with Crippen LogP contribution in [0.25, 0.3) is 0 Å². The van der Waals surface area contributed by atoms with Crippen molar-refractivity contribution in [1.82, 2.24) is 10.2 Å². The zero-order valence-corrected chi connectivity index (χ0v) is 25.5. The lowest BCUT2D eigenvalue weighted by atomic mass is 10.1. The van der Waals surface area contributed by atoms with Crippen molar-refractivity contribution >= 4 is 39.1 Å². The first-order chi connectivity index (χ1) is 19.5. The second-order valence-corrected chi connectivity index (χ2v) is 11.8. The molecule has 0 fully saturated rings. The fourth-order valence-electron chi connectivity index (χ4n) is 4.11. The SMILES string of the molecule is CCCNC(=O)C(C)N(Cc1ccc(C)cc1)C(=O)CN(c1ccc(Cl)cc1)S(=O)(=O)c1ccc(OC)c(OC)c1. The van der Waals surface area contributed by atoms with Crippen LogP contribution in [0.2, 0.25) is 5.02 Å². The number of methoxy groups -OCH3 is 2. The quantitative estimate of drug-likeness (QED) is 0.302. The van der Waals surface area contributed by atoms with Crippen molar-refractivity contribution in [3.8, 4) is 11.5 Å². The lowest BCUT2D eigenvalue weighted by molar-refractivity contribution is -0.139. The van der Waals surface area contributed by atoms with E-state index in [-0.39, 0.29) is 28.8 Å². The first kappa shape index (κ1) is 31.8. The third kappa shape index (κ3) is 7.92. The number of nitrogens with one attached hydrogen (secondary N) is 1. The predicted molar refractivity (Wildman–Crippen MR) is 160 cm³/mol. The number of hydrogen-bond acceptors (Lipinski definition) is 6. The van der Waals surface area contributed by atoms with E-state index in [0.29, 0.717) is 17.3 Å². The molecule has 3 aromatic rings. The van der Waals surface area contributed by atoms with Crippen LogP contribution >= 0.6 is 11.6 Å². The highest BCUT2D eigenvalue weighted by Crippen LogP contribution is 2.32. The summed E-state index contributed by atoms with van der Waals surface area (Å²) in [5.74, 6) is -0.299. The van der Waals surface area contributed by atoms with Crippen molar-refractivity contribution in [2.45, 2.75) is 44.7 Å². The molecule has 0 heterocycles. The number of nitrogens with zero attached hydrogens (tertiary/aromatic N) is 2. The van der Waals surface area contributed by atoms with Gasteiger partial charge in [0.2, 0.25) is 11.8 Å². The summed E-state index contributed by atoms with van der Waals surface area (Å²) in [5, 5.41) is 3.24. The molecule has 220 valence electrons. The number of amides is 2. The van der Waals surface area contributed by atoms with Crippen LogP contribution in [-0.2, 0) is 26.2 Å². The molecule has 0 aliphatic carbocycles. The van der Waals surface area contributed by atoms with Crippen LogP contribution in [0.1, 0.15) is 31.4 Å². The summed E-state index contributed by atoms with van der Waals surface area (Å²) in [6.07, 6.45) is 0.734. The van der Waals surface area contributed by atoms with Gasteiger partial charge in [-0.15, -0.1) is 0 Å². The molecule has 1 N–H and O–H groups in total. The van der Waals surface area contributed by atoms with Gasteiger partial charge in [-0.05, 0) is 62.2 Å². The lowest BCUT2D eigenvalue weighted by Gasteiger charge is -2.32. The largest absolute Gasteiger partial charge is 0.493 e. The molecule has 0 saturated carbocycles. The topological polar surface area (TPSA) is 105 Å². The van der Waals surface area contributed by atoms with Crippen molar-refractivity contribution in [2.24, 2.45) is 0 Å². The Bertz CT molecular complexity index is 1450. The van der Waals surface area contributed by atoms with E-state index >= 15 is 0 Å². The number of benzene rings is 3. The Labute approximate surface area is 247 Å². The van der Waals surface area contributed by atoms with Crippen LogP contribution in [0.5, 0.6) is 11.5 Å². The monoisotopic (exact) mass is 601 g/mol. The second kappa shape index (κ2) is 14.2. The van der Waals surface area contributed by atoms with E-state index in [2.05, 4.69) is 5.32 Å². The Kier molecular flexibility index (Phi) is 11.0. The van der Waals surface area contributed by atoms with Gasteiger partial charge in [0.15, 0.2) is 11.5 Å². The van der Waals surface area contributed by atoms with E-state index in [9.17, 15) is 18.0 Å². The van der Waals surface area contributed by atoms with Crippen LogP contribution < -0.4 is 19.1 Å². The van der Waals surface area contributed by atoms with Gasteiger partial charge in [-0.25, -0.2) is 8.42 Å². The molecule has 0 radical (unpaired) electrons. The highest BCUT2D eigenvalue weighted by atomic mass is 35.5. The van der Waals surface area contributed by atoms with Gasteiger partial charge in [-0.1, -0.05) is 48.4 Å². The fourth-order valence-corrected chi connectivity index (χ4v) is 5.67. The van der Waals surface area contributed by atoms with Crippen molar-refractivity contribution in [3.05, 3.63) is 82.9 Å². The van der Waals surface area contributed by atoms with Gasteiger partial charge in [0.05, 0.1) is 24.8 Å². The van der Waals surface area contributed by atoms with Gasteiger partial charge in [0.1, 0.15) is 12.6 Å². The number of carbonyl (C=O) groups is 2. The summed E-state index contributed by atoms with van der Waals surface area (Å²) in [6, 6.07) is 17.1. The average molecular weight is 602 g/mol. The highest BCUT2D eigenvalue weighted by molar-refractivity contribution is 7.92. The normalized spacial score (nSPS) is 11.9. The van der Waals surface area contributed by atoms with Crippen LogP contribution in [0.3, 0.4) is 0 Å². The number of anilines is 1. The molecule has 2 amide bonds. The molecule has 0 aliphatic heterocycles. The average Bonchev–Trinajstić information content (AvgIpc) is 2.97. The molecule has 11 heteroatoms. The molecular weight excluding hydrogens is 566 g/mol. The first-order valence-electron chi connectivity index (χ1n) is 13.1. The Morgan fingerprint density at radius 1 is 0.951 bits per heavy atom. The number of aryl methyl sites for hydroxylation is 1. The molecule has 1 atom stereocenters. The molecule has 9 nitrogen and oxygen atoms in total. The van der Waals surface area contributed by atoms with Gasteiger partial charge in [-0.3, -0.25) is 13.9 Å². The zero-order chi connectivity index (χ0) is 30.2. The van der Waals surface area contributed by atoms with Crippen molar-refractivity contribution in [1.29, 1.82) is 0 Å². The minimum absolute atomic E-state index is 0.100. The Balaban J connectivity index is 2.05. The minimum atomic E-state index is -4.29. The molecule has 1 unspecified atom stereocenters. The summed E-state index contributed by atoms with van der Waals surface area (Å²) < 4.78 is 39.6. The third-order valence-electron chi connectivity index (χ3n) is 6.53. The van der Waals surface area contributed by atoms with Gasteiger partial charge in [0, 0.05) is 24.2 Å². The summed E-state index contributed by atoms with van der Waals surface area (Å²) >= 11 is 6.08. The van der Waals surface area contributed by atoms with Gasteiger partial charge in [0.25, 0.3) is 10.0 Å². The number of ether oxygens (including phenoxy) is 2. The number of rotatable bonds is 13. The molecule has 0 aliphatic rings. The minimum Gasteiger partial charge on any atom is -0.493 e. The Morgan fingerprint density at radius 3 is 2.17 bits per heavy atom. The fraction of sp³-hybridized carbons (Fsp3) is 0.333. The van der Waals surface area contributed by atoms with Crippen molar-refractivity contribution < 1.29 is 27.5 Å². The third-order valence-corrected chi connectivity index (χ3v) is 8.55. The number of carbonyl (C=O) groups excluding carboxylic acids is 2. The maximum Gasteiger partial charge on any atom is 0.264 e. The molecule has 0 spiro atoms. The zero-order valence-electron chi connectivity index (χ0n) is 23.9. The van der Waals surface area contributed by atoms with E-state index in [1.54, 1.807) is 19.1 Å². The summed E-state index contributed by atoms with van der Waals surface area (Å²) in [4.78, 5) is 28.2. The predicted octanol–water partition coefficient (Wildman–Crippen LogP) is 4.80. The van der Waals surface area contributed by atoms with E-state index in [1.165, 1.54) is 49.5 Å². The number of halogens is 1. The number of hydrogen-bond donors (Lipinski definition) is 1. The van der Waals surface area contributed by atoms with Crippen molar-refractivity contribution in [3.63, 3.8) is 0 Å². The molecular formula is C30H36ClN3O6S. The van der Waals surface area contributed by atoms with Crippen LogP contribution in [-0.4, -0.2) is 58.5 Å². The van der Waals surface area contributed by atoms with Gasteiger partial charge < -0.3 is 19.7 Å². The highest BCUT2D eigenvalue weighted by Gasteiger charge is 2.33. The Hall–Kier alpha value is -3.76. The molecule has 3 aromatic carbocycles. The maximum atomic E-state index is 14.0. The Morgan fingerprint density at radius 2 is 1.59 bits per heavy atom. The van der Waals surface area contributed by atoms with E-state index < -0.39 is 28.5 Å². The van der Waals surface area contributed by atoms with Crippen molar-refractivity contribution in [2.75, 3.05) is 31.6 Å². The summed E-state index contributed by atoms with van der Waals surface area (Å²) in [7, 11) is -1.43. The smallest absolute Gasteiger partial charge is 0.264 e. The maximum absolute atomic E-state index is 14.0. The second-order valence-electron chi connectivity index (χ2n) is 9.48.